The highest BCUT2D eigenvalue weighted by Crippen LogP contribution is 2.43. The Kier molecular flexibility index (Phi) is 53.0. The van der Waals surface area contributed by atoms with Crippen LogP contribution in [0.25, 0.3) is 0 Å². The molecule has 2 N–H and O–H groups in total. The third-order valence-electron chi connectivity index (χ3n) is 13.3. The lowest BCUT2D eigenvalue weighted by Gasteiger charge is -2.27. The fraction of sp³-hybridized carbons (Fsp3) is 0.727. The number of phosphoric acid groups is 1. The average Bonchev–Trinajstić information content (AvgIpc) is 3.38. The number of allylic oxidation sites excluding steroid dienone is 15. The molecule has 0 fully saturated rings. The van der Waals surface area contributed by atoms with Crippen LogP contribution in [0.2, 0.25) is 0 Å². The van der Waals surface area contributed by atoms with Gasteiger partial charge in [-0.2, -0.15) is 0 Å². The molecule has 0 aromatic heterocycles. The van der Waals surface area contributed by atoms with Crippen molar-refractivity contribution in [1.29, 1.82) is 0 Å². The fourth-order valence-electron chi connectivity index (χ4n) is 8.47. The third-order valence-corrected chi connectivity index (χ3v) is 14.2. The van der Waals surface area contributed by atoms with Crippen LogP contribution in [0.1, 0.15) is 258 Å². The molecule has 0 rings (SSSR count). The smallest absolute Gasteiger partial charge is 0.456 e. The second-order valence-corrected chi connectivity index (χ2v) is 23.3. The van der Waals surface area contributed by atoms with Gasteiger partial charge in [-0.25, -0.2) is 4.57 Å². The predicted molar refractivity (Wildman–Crippen MR) is 327 cm³/mol. The zero-order valence-electron chi connectivity index (χ0n) is 50.0. The van der Waals surface area contributed by atoms with Gasteiger partial charge in [0.25, 0.3) is 0 Å². The Morgan fingerprint density at radius 3 is 1.30 bits per heavy atom. The van der Waals surface area contributed by atoms with E-state index in [9.17, 15) is 19.0 Å². The Labute approximate surface area is 468 Å². The van der Waals surface area contributed by atoms with Crippen molar-refractivity contribution in [1.82, 2.24) is 5.32 Å². The number of nitrogens with one attached hydrogen (secondary N) is 1. The molecular formula is C66H118N2O7P+. The molecule has 0 aromatic rings. The largest absolute Gasteiger partial charge is 0.472 e. The average molecular weight is 1080 g/mol. The molecule has 9 nitrogen and oxygen atoms in total. The number of quaternary nitrogens is 1. The maximum atomic E-state index is 13.5. The molecule has 0 spiro atoms. The zero-order valence-corrected chi connectivity index (χ0v) is 50.9. The summed E-state index contributed by atoms with van der Waals surface area (Å²) in [6.07, 6.45) is 74.0. The van der Waals surface area contributed by atoms with Gasteiger partial charge in [0.2, 0.25) is 5.91 Å². The Morgan fingerprint density at radius 2 is 0.842 bits per heavy atom. The molecule has 0 saturated carbocycles. The van der Waals surface area contributed by atoms with Gasteiger partial charge in [0.05, 0.1) is 33.8 Å². The lowest BCUT2D eigenvalue weighted by molar-refractivity contribution is -0.870. The highest BCUT2D eigenvalue weighted by Gasteiger charge is 2.30. The number of carbonyl (C=O) groups excluding carboxylic acids is 2. The molecule has 0 bridgehead atoms. The van der Waals surface area contributed by atoms with Crippen molar-refractivity contribution in [2.24, 2.45) is 0 Å². The van der Waals surface area contributed by atoms with Crippen LogP contribution in [0.15, 0.2) is 97.2 Å². The summed E-state index contributed by atoms with van der Waals surface area (Å²) in [5.41, 5.74) is 0. The Bertz CT molecular complexity index is 1620. The summed E-state index contributed by atoms with van der Waals surface area (Å²) in [5, 5.41) is 3.03. The minimum absolute atomic E-state index is 0.0281. The molecule has 0 heterocycles. The zero-order chi connectivity index (χ0) is 55.7. The maximum Gasteiger partial charge on any atom is 0.472 e. The summed E-state index contributed by atoms with van der Waals surface area (Å²) in [6, 6.07) is -0.874. The van der Waals surface area contributed by atoms with Crippen molar-refractivity contribution in [3.05, 3.63) is 97.2 Å². The highest BCUT2D eigenvalue weighted by molar-refractivity contribution is 7.47. The molecule has 0 radical (unpaired) electrons. The third kappa shape index (κ3) is 55.7. The number of unbranched alkanes of at least 4 members (excludes halogenated alkanes) is 25. The van der Waals surface area contributed by atoms with E-state index in [0.717, 1.165) is 109 Å². The van der Waals surface area contributed by atoms with E-state index in [4.69, 9.17) is 13.8 Å². The number of phosphoric ester groups is 1. The minimum Gasteiger partial charge on any atom is -0.456 e. The van der Waals surface area contributed by atoms with Gasteiger partial charge < -0.3 is 19.4 Å². The summed E-state index contributed by atoms with van der Waals surface area (Å²) >= 11 is 0. The Balaban J connectivity index is 5.34. The second-order valence-electron chi connectivity index (χ2n) is 21.8. The Morgan fingerprint density at radius 1 is 0.474 bits per heavy atom. The van der Waals surface area contributed by atoms with Crippen molar-refractivity contribution >= 4 is 19.7 Å². The van der Waals surface area contributed by atoms with Gasteiger partial charge in [-0.05, 0) is 109 Å². The number of rotatable bonds is 55. The van der Waals surface area contributed by atoms with E-state index >= 15 is 0 Å². The first-order chi connectivity index (χ1) is 36.9. The molecule has 3 atom stereocenters. The van der Waals surface area contributed by atoms with E-state index in [2.05, 4.69) is 111 Å². The molecule has 0 saturated heterocycles. The molecule has 0 aromatic carbocycles. The van der Waals surface area contributed by atoms with Crippen molar-refractivity contribution < 1.29 is 37.3 Å². The monoisotopic (exact) mass is 1080 g/mol. The highest BCUT2D eigenvalue weighted by atomic mass is 31.2. The number of nitrogens with zero attached hydrogens (tertiary/aromatic N) is 1. The molecule has 10 heteroatoms. The molecule has 1 amide bonds. The van der Waals surface area contributed by atoms with Crippen molar-refractivity contribution in [2.75, 3.05) is 40.9 Å². The van der Waals surface area contributed by atoms with E-state index in [1.165, 1.54) is 109 Å². The van der Waals surface area contributed by atoms with Crippen LogP contribution in [0.5, 0.6) is 0 Å². The normalized spacial score (nSPS) is 14.4. The standard InChI is InChI=1S/C66H117N2O7P/c1-7-10-13-16-19-22-25-28-30-32-33-34-35-36-38-41-44-47-50-53-56-59-66(70)75-64(57-54-51-48-45-42-39-27-24-21-18-15-12-9-3)63(62-74-76(71,72)73-61-60-68(4,5)6)67-65(69)58-55-52-49-46-43-40-37-31-29-26-23-20-17-14-11-8-2/h11,14,19-20,22-23,28-31,33-34,40,43,54,57,63-64H,7-10,12-13,15-18,21,24-27,32,35-39,41-42,44-53,55-56,58-62H2,1-6H3,(H-,67,69,71,72)/p+1/b14-11+,22-19-,23-20+,30-28-,31-29+,34-33-,43-40+,57-54+. The van der Waals surface area contributed by atoms with E-state index in [1.807, 2.05) is 33.3 Å². The quantitative estimate of drug-likeness (QED) is 0.0205. The molecular weight excluding hydrogens is 964 g/mol. The minimum atomic E-state index is -4.46. The molecule has 0 aliphatic heterocycles. The number of carbonyl (C=O) groups is 2. The van der Waals surface area contributed by atoms with Gasteiger partial charge in [-0.15, -0.1) is 0 Å². The van der Waals surface area contributed by atoms with Crippen molar-refractivity contribution in [3.63, 3.8) is 0 Å². The van der Waals surface area contributed by atoms with E-state index < -0.39 is 20.0 Å². The van der Waals surface area contributed by atoms with Gasteiger partial charge in [-0.1, -0.05) is 234 Å². The van der Waals surface area contributed by atoms with Gasteiger partial charge in [-0.3, -0.25) is 18.6 Å². The van der Waals surface area contributed by atoms with Crippen LogP contribution in [-0.2, 0) is 27.9 Å². The van der Waals surface area contributed by atoms with Crippen molar-refractivity contribution in [3.8, 4) is 0 Å². The number of amides is 1. The first kappa shape index (κ1) is 72.9. The fourth-order valence-corrected chi connectivity index (χ4v) is 9.20. The molecule has 76 heavy (non-hydrogen) atoms. The lowest BCUT2D eigenvalue weighted by Crippen LogP contribution is -2.47. The first-order valence-electron chi connectivity index (χ1n) is 31.1. The Hall–Kier alpha value is -3.07. The topological polar surface area (TPSA) is 111 Å². The van der Waals surface area contributed by atoms with Crippen LogP contribution in [-0.4, -0.2) is 74.3 Å². The molecule has 0 aliphatic rings. The molecule has 438 valence electrons. The van der Waals surface area contributed by atoms with E-state index in [0.29, 0.717) is 17.4 Å². The summed E-state index contributed by atoms with van der Waals surface area (Å²) in [4.78, 5) is 37.7. The van der Waals surface area contributed by atoms with Crippen LogP contribution < -0.4 is 5.32 Å². The second kappa shape index (κ2) is 55.3. The number of likely N-dealkylation sites (N-methyl/N-ethyl adjacent to an activating group) is 1. The van der Waals surface area contributed by atoms with E-state index in [1.54, 1.807) is 0 Å². The summed E-state index contributed by atoms with van der Waals surface area (Å²) in [7, 11) is 1.46. The van der Waals surface area contributed by atoms with Crippen molar-refractivity contribution in [2.45, 2.75) is 270 Å². The van der Waals surface area contributed by atoms with Gasteiger partial charge in [0, 0.05) is 12.8 Å². The van der Waals surface area contributed by atoms with Crippen LogP contribution >= 0.6 is 7.82 Å². The number of hydrogen-bond acceptors (Lipinski definition) is 6. The van der Waals surface area contributed by atoms with Crippen LogP contribution in [0.4, 0.5) is 0 Å². The summed E-state index contributed by atoms with van der Waals surface area (Å²) in [6.45, 7) is 6.84. The number of ether oxygens (including phenoxy) is 1. The summed E-state index contributed by atoms with van der Waals surface area (Å²) < 4.78 is 30.7. The SMILES string of the molecule is CC/C=C/C/C=C/C/C=C/C/C=C/CCCCCC(=O)NC(COP(=O)(O)OCC[N+](C)(C)C)C(/C=C/CCCCCCCCCCCCC)OC(=O)CCCCCCCCCC/C=C\C/C=C\C/C=C\CCCCC. The molecule has 3 unspecified atom stereocenters. The maximum absolute atomic E-state index is 13.5. The number of esters is 1. The first-order valence-corrected chi connectivity index (χ1v) is 32.6. The van der Waals surface area contributed by atoms with Gasteiger partial charge in [0.1, 0.15) is 19.3 Å². The molecule has 0 aliphatic carbocycles. The lowest BCUT2D eigenvalue weighted by atomic mass is 10.0. The van der Waals surface area contributed by atoms with Crippen LogP contribution in [0.3, 0.4) is 0 Å². The van der Waals surface area contributed by atoms with Gasteiger partial charge >= 0.3 is 13.8 Å². The predicted octanol–water partition coefficient (Wildman–Crippen LogP) is 19.2. The van der Waals surface area contributed by atoms with E-state index in [-0.39, 0.29) is 37.9 Å². The van der Waals surface area contributed by atoms with Gasteiger partial charge in [0.15, 0.2) is 0 Å². The van der Waals surface area contributed by atoms with Crippen LogP contribution in [0, 0.1) is 0 Å². The number of hydrogen-bond donors (Lipinski definition) is 2. The summed E-state index contributed by atoms with van der Waals surface area (Å²) in [5.74, 6) is -0.552.